The molecule has 6 nitrogen and oxygen atoms in total. The summed E-state index contributed by atoms with van der Waals surface area (Å²) in [5.74, 6) is -0.477. The lowest BCUT2D eigenvalue weighted by Gasteiger charge is -2.11. The summed E-state index contributed by atoms with van der Waals surface area (Å²) in [7, 11) is 0. The van der Waals surface area contributed by atoms with Crippen molar-refractivity contribution in [1.29, 1.82) is 0 Å². The zero-order chi connectivity index (χ0) is 20.2. The summed E-state index contributed by atoms with van der Waals surface area (Å²) in [4.78, 5) is 31.8. The second-order valence-electron chi connectivity index (χ2n) is 6.36. The number of aliphatic hydroxyl groups excluding tert-OH is 1. The molecular formula is C23H17N3O3. The Morgan fingerprint density at radius 2 is 1.62 bits per heavy atom. The highest BCUT2D eigenvalue weighted by molar-refractivity contribution is 6.05. The highest BCUT2D eigenvalue weighted by Gasteiger charge is 2.12. The third-order valence-electron chi connectivity index (χ3n) is 4.39. The molecule has 0 aliphatic carbocycles. The SMILES string of the molecule is O=C(Nc1ccccc1C(O)=Cc1nc2ccccc2[nH]c1=O)c1ccccc1. The van der Waals surface area contributed by atoms with Gasteiger partial charge in [0.25, 0.3) is 11.5 Å². The lowest BCUT2D eigenvalue weighted by molar-refractivity contribution is 0.102. The lowest BCUT2D eigenvalue weighted by Crippen LogP contribution is -2.13. The first-order valence-electron chi connectivity index (χ1n) is 8.97. The Morgan fingerprint density at radius 1 is 0.931 bits per heavy atom. The Hall–Kier alpha value is -4.19. The molecule has 0 saturated carbocycles. The molecule has 142 valence electrons. The van der Waals surface area contributed by atoms with E-state index >= 15 is 0 Å². The number of nitrogens with zero attached hydrogens (tertiary/aromatic N) is 1. The van der Waals surface area contributed by atoms with Gasteiger partial charge >= 0.3 is 0 Å². The van der Waals surface area contributed by atoms with Crippen molar-refractivity contribution in [3.05, 3.63) is 106 Å². The summed E-state index contributed by atoms with van der Waals surface area (Å²) in [5.41, 5.74) is 2.18. The molecule has 4 aromatic rings. The Labute approximate surface area is 166 Å². The number of para-hydroxylation sites is 3. The number of aromatic amines is 1. The Kier molecular flexibility index (Phi) is 4.90. The number of fused-ring (bicyclic) bond motifs is 1. The summed E-state index contributed by atoms with van der Waals surface area (Å²) >= 11 is 0. The molecule has 0 spiro atoms. The number of H-pyrrole nitrogens is 1. The largest absolute Gasteiger partial charge is 0.507 e. The fourth-order valence-electron chi connectivity index (χ4n) is 2.95. The maximum absolute atomic E-state index is 12.5. The molecule has 1 aromatic heterocycles. The van der Waals surface area contributed by atoms with Gasteiger partial charge in [-0.25, -0.2) is 4.98 Å². The molecule has 0 aliphatic heterocycles. The van der Waals surface area contributed by atoms with E-state index in [9.17, 15) is 14.7 Å². The lowest BCUT2D eigenvalue weighted by atomic mass is 10.1. The molecule has 6 heteroatoms. The van der Waals surface area contributed by atoms with E-state index in [0.717, 1.165) is 0 Å². The predicted molar refractivity (Wildman–Crippen MR) is 114 cm³/mol. The number of aromatic nitrogens is 2. The fourth-order valence-corrected chi connectivity index (χ4v) is 2.95. The highest BCUT2D eigenvalue weighted by Crippen LogP contribution is 2.24. The van der Waals surface area contributed by atoms with Crippen LogP contribution in [0.4, 0.5) is 5.69 Å². The van der Waals surface area contributed by atoms with Gasteiger partial charge in [0, 0.05) is 17.2 Å². The first kappa shape index (κ1) is 18.2. The van der Waals surface area contributed by atoms with Crippen LogP contribution in [0.1, 0.15) is 21.6 Å². The number of hydrogen-bond acceptors (Lipinski definition) is 4. The third-order valence-corrected chi connectivity index (χ3v) is 4.39. The summed E-state index contributed by atoms with van der Waals surface area (Å²) in [6.07, 6.45) is 1.29. The van der Waals surface area contributed by atoms with Crippen LogP contribution in [0, 0.1) is 0 Å². The van der Waals surface area contributed by atoms with Crippen molar-refractivity contribution in [2.24, 2.45) is 0 Å². The molecule has 1 heterocycles. The van der Waals surface area contributed by atoms with Gasteiger partial charge in [-0.3, -0.25) is 9.59 Å². The molecule has 0 aliphatic rings. The van der Waals surface area contributed by atoms with E-state index in [1.807, 2.05) is 12.1 Å². The average Bonchev–Trinajstić information content (AvgIpc) is 2.75. The molecule has 3 N–H and O–H groups in total. The maximum atomic E-state index is 12.5. The van der Waals surface area contributed by atoms with Gasteiger partial charge in [-0.15, -0.1) is 0 Å². The Morgan fingerprint density at radius 3 is 2.45 bits per heavy atom. The predicted octanol–water partition coefficient (Wildman–Crippen LogP) is 4.23. The van der Waals surface area contributed by atoms with Crippen molar-refractivity contribution >= 4 is 34.5 Å². The highest BCUT2D eigenvalue weighted by atomic mass is 16.3. The fraction of sp³-hybridized carbons (Fsp3) is 0. The zero-order valence-corrected chi connectivity index (χ0v) is 15.3. The van der Waals surface area contributed by atoms with Crippen molar-refractivity contribution in [1.82, 2.24) is 9.97 Å². The molecular weight excluding hydrogens is 366 g/mol. The van der Waals surface area contributed by atoms with Gasteiger partial charge in [0.2, 0.25) is 0 Å². The molecule has 0 radical (unpaired) electrons. The number of nitrogens with one attached hydrogen (secondary N) is 2. The van der Waals surface area contributed by atoms with Gasteiger partial charge in [-0.1, -0.05) is 42.5 Å². The van der Waals surface area contributed by atoms with Crippen molar-refractivity contribution < 1.29 is 9.90 Å². The third kappa shape index (κ3) is 3.91. The van der Waals surface area contributed by atoms with Gasteiger partial charge < -0.3 is 15.4 Å². The minimum Gasteiger partial charge on any atom is -0.507 e. The maximum Gasteiger partial charge on any atom is 0.274 e. The van der Waals surface area contributed by atoms with Crippen molar-refractivity contribution in [2.45, 2.75) is 0 Å². The minimum atomic E-state index is -0.416. The Balaban J connectivity index is 1.69. The molecule has 0 fully saturated rings. The number of benzene rings is 3. The smallest absolute Gasteiger partial charge is 0.274 e. The minimum absolute atomic E-state index is 0.0744. The molecule has 3 aromatic carbocycles. The number of hydrogen-bond donors (Lipinski definition) is 3. The Bertz CT molecular complexity index is 1280. The summed E-state index contributed by atoms with van der Waals surface area (Å²) < 4.78 is 0. The molecule has 1 amide bonds. The van der Waals surface area contributed by atoms with Crippen molar-refractivity contribution in [2.75, 3.05) is 5.32 Å². The quantitative estimate of drug-likeness (QED) is 0.460. The number of carbonyl (C=O) groups is 1. The van der Waals surface area contributed by atoms with Crippen LogP contribution in [-0.2, 0) is 0 Å². The number of anilines is 1. The van der Waals surface area contributed by atoms with E-state index in [-0.39, 0.29) is 17.4 Å². The molecule has 29 heavy (non-hydrogen) atoms. The van der Waals surface area contributed by atoms with Crippen LogP contribution in [0.2, 0.25) is 0 Å². The summed E-state index contributed by atoms with van der Waals surface area (Å²) in [5, 5.41) is 13.4. The molecule has 0 saturated heterocycles. The van der Waals surface area contributed by atoms with Crippen LogP contribution in [0.15, 0.2) is 83.7 Å². The van der Waals surface area contributed by atoms with Crippen molar-refractivity contribution in [3.8, 4) is 0 Å². The monoisotopic (exact) mass is 383 g/mol. The first-order chi connectivity index (χ1) is 14.1. The number of aliphatic hydroxyl groups is 1. The van der Waals surface area contributed by atoms with Gasteiger partial charge in [0.1, 0.15) is 11.5 Å². The second-order valence-corrected chi connectivity index (χ2v) is 6.36. The number of amides is 1. The molecule has 0 bridgehead atoms. The van der Waals surface area contributed by atoms with Crippen LogP contribution in [-0.4, -0.2) is 21.0 Å². The van der Waals surface area contributed by atoms with E-state index in [1.54, 1.807) is 66.7 Å². The first-order valence-corrected chi connectivity index (χ1v) is 8.97. The van der Waals surface area contributed by atoms with Gasteiger partial charge in [-0.2, -0.15) is 0 Å². The second kappa shape index (κ2) is 7.82. The van der Waals surface area contributed by atoms with Crippen LogP contribution >= 0.6 is 0 Å². The van der Waals surface area contributed by atoms with Gasteiger partial charge in [0.15, 0.2) is 0 Å². The van der Waals surface area contributed by atoms with Gasteiger partial charge in [0.05, 0.1) is 16.7 Å². The standard InChI is InChI=1S/C23H17N3O3/c27-21(14-20-23(29)26-19-13-7-6-12-18(19)24-20)16-10-4-5-11-17(16)25-22(28)15-8-2-1-3-9-15/h1-14,27H,(H,25,28)(H,26,29). The van der Waals surface area contributed by atoms with E-state index in [0.29, 0.717) is 27.8 Å². The zero-order valence-electron chi connectivity index (χ0n) is 15.3. The van der Waals surface area contributed by atoms with E-state index < -0.39 is 5.56 Å². The molecule has 4 rings (SSSR count). The van der Waals surface area contributed by atoms with Crippen molar-refractivity contribution in [3.63, 3.8) is 0 Å². The summed E-state index contributed by atoms with van der Waals surface area (Å²) in [6.45, 7) is 0. The van der Waals surface area contributed by atoms with E-state index in [1.165, 1.54) is 6.08 Å². The van der Waals surface area contributed by atoms with Crippen LogP contribution in [0.3, 0.4) is 0 Å². The topological polar surface area (TPSA) is 95.1 Å². The van der Waals surface area contributed by atoms with E-state index in [4.69, 9.17) is 0 Å². The van der Waals surface area contributed by atoms with E-state index in [2.05, 4.69) is 15.3 Å². The van der Waals surface area contributed by atoms with Crippen LogP contribution in [0.5, 0.6) is 0 Å². The van der Waals surface area contributed by atoms with Gasteiger partial charge in [-0.05, 0) is 36.4 Å². The average molecular weight is 383 g/mol. The molecule has 0 atom stereocenters. The summed E-state index contributed by atoms with van der Waals surface area (Å²) in [6, 6.07) is 22.7. The number of rotatable bonds is 4. The normalized spacial score (nSPS) is 11.4. The number of carbonyl (C=O) groups excluding carboxylic acids is 1. The van der Waals surface area contributed by atoms with Crippen LogP contribution < -0.4 is 10.9 Å². The molecule has 0 unspecified atom stereocenters. The van der Waals surface area contributed by atoms with Crippen LogP contribution in [0.25, 0.3) is 22.9 Å².